The van der Waals surface area contributed by atoms with E-state index in [0.717, 1.165) is 37.8 Å². The summed E-state index contributed by atoms with van der Waals surface area (Å²) in [6, 6.07) is 5.51. The smallest absolute Gasteiger partial charge is 0.270 e. The number of carbonyl (C=O) groups is 1. The zero-order valence-electron chi connectivity index (χ0n) is 15.4. The number of rotatable bonds is 7. The summed E-state index contributed by atoms with van der Waals surface area (Å²) >= 11 is 5.97. The van der Waals surface area contributed by atoms with Gasteiger partial charge in [0.15, 0.2) is 0 Å². The van der Waals surface area contributed by atoms with Crippen molar-refractivity contribution in [3.05, 3.63) is 50.8 Å². The zero-order valence-corrected chi connectivity index (χ0v) is 16.1. The minimum absolute atomic E-state index is 0.0464. The molecule has 0 bridgehead atoms. The number of hydrogen-bond donors (Lipinski definition) is 1. The Balaban J connectivity index is 1.55. The van der Waals surface area contributed by atoms with Crippen molar-refractivity contribution in [3.8, 4) is 5.88 Å². The molecule has 1 saturated heterocycles. The van der Waals surface area contributed by atoms with Crippen LogP contribution in [0.25, 0.3) is 0 Å². The number of non-ortho nitro benzene ring substituents is 1. The van der Waals surface area contributed by atoms with Gasteiger partial charge in [0.1, 0.15) is 18.2 Å². The van der Waals surface area contributed by atoms with Crippen LogP contribution in [0.15, 0.2) is 24.3 Å². The van der Waals surface area contributed by atoms with Gasteiger partial charge in [-0.1, -0.05) is 11.6 Å². The van der Waals surface area contributed by atoms with Crippen molar-refractivity contribution in [3.63, 3.8) is 0 Å². The van der Waals surface area contributed by atoms with Gasteiger partial charge in [-0.25, -0.2) is 4.98 Å². The van der Waals surface area contributed by atoms with Crippen LogP contribution in [0.4, 0.5) is 11.5 Å². The first-order chi connectivity index (χ1) is 13.4. The van der Waals surface area contributed by atoms with E-state index in [2.05, 4.69) is 20.2 Å². The fraction of sp³-hybridized carbons (Fsp3) is 0.389. The van der Waals surface area contributed by atoms with Crippen LogP contribution in [0, 0.1) is 17.0 Å². The van der Waals surface area contributed by atoms with Gasteiger partial charge in [0.2, 0.25) is 5.88 Å². The molecular weight excluding hydrogens is 386 g/mol. The van der Waals surface area contributed by atoms with Crippen LogP contribution in [0.5, 0.6) is 5.88 Å². The summed E-state index contributed by atoms with van der Waals surface area (Å²) < 4.78 is 5.63. The molecule has 28 heavy (non-hydrogen) atoms. The van der Waals surface area contributed by atoms with Crippen molar-refractivity contribution in [2.24, 2.45) is 0 Å². The van der Waals surface area contributed by atoms with Gasteiger partial charge in [-0.3, -0.25) is 14.9 Å². The first kappa shape index (κ1) is 19.8. The highest BCUT2D eigenvalue weighted by atomic mass is 35.5. The lowest BCUT2D eigenvalue weighted by atomic mass is 10.2. The predicted octanol–water partition coefficient (Wildman–Crippen LogP) is 2.76. The van der Waals surface area contributed by atoms with E-state index in [4.69, 9.17) is 16.3 Å². The monoisotopic (exact) mass is 405 g/mol. The van der Waals surface area contributed by atoms with Crippen molar-refractivity contribution in [1.82, 2.24) is 15.3 Å². The third-order valence-electron chi connectivity index (χ3n) is 4.27. The highest BCUT2D eigenvalue weighted by Gasteiger charge is 2.17. The van der Waals surface area contributed by atoms with E-state index in [1.54, 1.807) is 13.0 Å². The van der Waals surface area contributed by atoms with Gasteiger partial charge >= 0.3 is 0 Å². The number of benzene rings is 1. The Morgan fingerprint density at radius 3 is 2.79 bits per heavy atom. The van der Waals surface area contributed by atoms with Crippen molar-refractivity contribution in [2.75, 3.05) is 31.1 Å². The van der Waals surface area contributed by atoms with Gasteiger partial charge in [-0.2, -0.15) is 4.98 Å². The fourth-order valence-corrected chi connectivity index (χ4v) is 3.13. The number of nitro benzene ring substituents is 1. The second-order valence-corrected chi connectivity index (χ2v) is 6.74. The van der Waals surface area contributed by atoms with Crippen LogP contribution >= 0.6 is 11.6 Å². The van der Waals surface area contributed by atoms with Gasteiger partial charge in [0.25, 0.3) is 11.6 Å². The average Bonchev–Trinajstić information content (AvgIpc) is 3.19. The molecule has 0 unspecified atom stereocenters. The second-order valence-electron chi connectivity index (χ2n) is 6.33. The van der Waals surface area contributed by atoms with Gasteiger partial charge < -0.3 is 15.0 Å². The molecule has 9 nitrogen and oxygen atoms in total. The topological polar surface area (TPSA) is 110 Å². The largest absolute Gasteiger partial charge is 0.476 e. The quantitative estimate of drug-likeness (QED) is 0.428. The number of carbonyl (C=O) groups excluding carboxylic acids is 1. The number of halogens is 1. The fourth-order valence-electron chi connectivity index (χ4n) is 2.92. The molecule has 2 heterocycles. The van der Waals surface area contributed by atoms with E-state index in [0.29, 0.717) is 11.7 Å². The Morgan fingerprint density at radius 1 is 1.32 bits per heavy atom. The standard InChI is InChI=1S/C18H20ClN5O4/c1-12-21-16(23-7-2-3-8-23)11-17(22-12)28-9-6-20-18(25)14-10-13(24(26)27)4-5-15(14)19/h4-5,10-11H,2-3,6-9H2,1H3,(H,20,25). The van der Waals surface area contributed by atoms with Gasteiger partial charge in [0.05, 0.1) is 22.1 Å². The van der Waals surface area contributed by atoms with Crippen molar-refractivity contribution >= 4 is 29.0 Å². The van der Waals surface area contributed by atoms with E-state index in [1.807, 2.05) is 0 Å². The van der Waals surface area contributed by atoms with E-state index >= 15 is 0 Å². The molecule has 1 fully saturated rings. The number of ether oxygens (including phenoxy) is 1. The molecule has 0 radical (unpaired) electrons. The third kappa shape index (κ3) is 4.86. The predicted molar refractivity (Wildman–Crippen MR) is 104 cm³/mol. The molecule has 0 spiro atoms. The van der Waals surface area contributed by atoms with E-state index in [1.165, 1.54) is 12.1 Å². The molecular formula is C18H20ClN5O4. The number of nitrogens with zero attached hydrogens (tertiary/aromatic N) is 4. The Labute approximate surface area is 166 Å². The third-order valence-corrected chi connectivity index (χ3v) is 4.60. The van der Waals surface area contributed by atoms with Crippen molar-refractivity contribution in [2.45, 2.75) is 19.8 Å². The Bertz CT molecular complexity index is 886. The number of aryl methyl sites for hydroxylation is 1. The Hall–Kier alpha value is -2.94. The molecule has 148 valence electrons. The average molecular weight is 406 g/mol. The highest BCUT2D eigenvalue weighted by Crippen LogP contribution is 2.23. The maximum Gasteiger partial charge on any atom is 0.270 e. The SMILES string of the molecule is Cc1nc(OCCNC(=O)c2cc([N+](=O)[O-])ccc2Cl)cc(N2CCCC2)n1. The number of hydrogen-bond acceptors (Lipinski definition) is 7. The van der Waals surface area contributed by atoms with E-state index in [9.17, 15) is 14.9 Å². The lowest BCUT2D eigenvalue weighted by Gasteiger charge is -2.17. The molecule has 1 aromatic heterocycles. The molecule has 1 aromatic carbocycles. The molecule has 0 aliphatic carbocycles. The van der Waals surface area contributed by atoms with Crippen molar-refractivity contribution < 1.29 is 14.5 Å². The van der Waals surface area contributed by atoms with Crippen LogP contribution in [0.2, 0.25) is 5.02 Å². The highest BCUT2D eigenvalue weighted by molar-refractivity contribution is 6.33. The van der Waals surface area contributed by atoms with Gasteiger partial charge in [-0.05, 0) is 25.8 Å². The summed E-state index contributed by atoms with van der Waals surface area (Å²) in [6.45, 7) is 4.12. The lowest BCUT2D eigenvalue weighted by molar-refractivity contribution is -0.384. The molecule has 10 heteroatoms. The molecule has 3 rings (SSSR count). The normalized spacial score (nSPS) is 13.4. The van der Waals surface area contributed by atoms with E-state index < -0.39 is 10.8 Å². The Kier molecular flexibility index (Phi) is 6.25. The lowest BCUT2D eigenvalue weighted by Crippen LogP contribution is -2.28. The van der Waals surface area contributed by atoms with Crippen LogP contribution in [-0.2, 0) is 0 Å². The minimum atomic E-state index is -0.578. The Morgan fingerprint density at radius 2 is 2.07 bits per heavy atom. The summed E-state index contributed by atoms with van der Waals surface area (Å²) in [5.41, 5.74) is -0.151. The summed E-state index contributed by atoms with van der Waals surface area (Å²) in [5.74, 6) is 1.39. The van der Waals surface area contributed by atoms with Gasteiger partial charge in [0, 0.05) is 31.3 Å². The first-order valence-electron chi connectivity index (χ1n) is 8.89. The van der Waals surface area contributed by atoms with Crippen LogP contribution in [-0.4, -0.2) is 47.0 Å². The van der Waals surface area contributed by atoms with Crippen LogP contribution in [0.3, 0.4) is 0 Å². The summed E-state index contributed by atoms with van der Waals surface area (Å²) in [4.78, 5) is 33.4. The maximum atomic E-state index is 12.2. The van der Waals surface area contributed by atoms with E-state index in [-0.39, 0.29) is 29.4 Å². The molecule has 0 saturated carbocycles. The molecule has 1 N–H and O–H groups in total. The number of aromatic nitrogens is 2. The second kappa shape index (κ2) is 8.83. The van der Waals surface area contributed by atoms with Crippen molar-refractivity contribution in [1.29, 1.82) is 0 Å². The summed E-state index contributed by atoms with van der Waals surface area (Å²) in [7, 11) is 0. The minimum Gasteiger partial charge on any atom is -0.476 e. The summed E-state index contributed by atoms with van der Waals surface area (Å²) in [6.07, 6.45) is 2.29. The molecule has 0 atom stereocenters. The molecule has 1 aliphatic rings. The van der Waals surface area contributed by atoms with Crippen LogP contribution in [0.1, 0.15) is 29.0 Å². The zero-order chi connectivity index (χ0) is 20.1. The molecule has 2 aromatic rings. The maximum absolute atomic E-state index is 12.2. The van der Waals surface area contributed by atoms with Gasteiger partial charge in [-0.15, -0.1) is 0 Å². The summed E-state index contributed by atoms with van der Waals surface area (Å²) in [5, 5.41) is 13.6. The molecule has 1 aliphatic heterocycles. The first-order valence-corrected chi connectivity index (χ1v) is 9.27. The molecule has 1 amide bonds. The number of nitrogens with one attached hydrogen (secondary N) is 1. The number of nitro groups is 1. The number of amides is 1. The van der Waals surface area contributed by atoms with Crippen LogP contribution < -0.4 is 15.0 Å². The number of anilines is 1.